The van der Waals surface area contributed by atoms with Crippen molar-refractivity contribution >= 4 is 11.9 Å². The third-order valence-electron chi connectivity index (χ3n) is 2.56. The van der Waals surface area contributed by atoms with Crippen LogP contribution < -0.4 is 5.32 Å². The van der Waals surface area contributed by atoms with E-state index in [4.69, 9.17) is 11.5 Å². The standard InChI is InChI=1S/C14H15NO3/c1-4-5-12(14(17)18)15-13(16)11-8-9(2)6-7-10(11)3/h1,6-8,12H,5H2,2-3H3,(H,15,16)(H,17,18). The zero-order valence-electron chi connectivity index (χ0n) is 10.4. The van der Waals surface area contributed by atoms with Crippen LogP contribution in [0, 0.1) is 26.2 Å². The molecule has 0 bridgehead atoms. The van der Waals surface area contributed by atoms with E-state index in [2.05, 4.69) is 11.2 Å². The summed E-state index contributed by atoms with van der Waals surface area (Å²) in [5.41, 5.74) is 2.20. The highest BCUT2D eigenvalue weighted by Crippen LogP contribution is 2.11. The van der Waals surface area contributed by atoms with Crippen molar-refractivity contribution in [1.29, 1.82) is 0 Å². The Morgan fingerprint density at radius 2 is 2.11 bits per heavy atom. The maximum Gasteiger partial charge on any atom is 0.327 e. The van der Waals surface area contributed by atoms with Crippen molar-refractivity contribution in [3.8, 4) is 12.3 Å². The predicted molar refractivity (Wildman–Crippen MR) is 68.3 cm³/mol. The van der Waals surface area contributed by atoms with E-state index in [1.54, 1.807) is 13.0 Å². The molecule has 0 aliphatic heterocycles. The van der Waals surface area contributed by atoms with Crippen LogP contribution in [0.3, 0.4) is 0 Å². The van der Waals surface area contributed by atoms with Crippen molar-refractivity contribution in [3.05, 3.63) is 34.9 Å². The zero-order valence-corrected chi connectivity index (χ0v) is 10.4. The van der Waals surface area contributed by atoms with Crippen LogP contribution >= 0.6 is 0 Å². The molecule has 18 heavy (non-hydrogen) atoms. The van der Waals surface area contributed by atoms with Gasteiger partial charge in [-0.1, -0.05) is 17.7 Å². The van der Waals surface area contributed by atoms with Gasteiger partial charge in [-0.15, -0.1) is 12.3 Å². The van der Waals surface area contributed by atoms with Crippen LogP contribution in [0.4, 0.5) is 0 Å². The lowest BCUT2D eigenvalue weighted by atomic mass is 10.0. The number of carbonyl (C=O) groups excluding carboxylic acids is 1. The van der Waals surface area contributed by atoms with Gasteiger partial charge in [-0.3, -0.25) is 4.79 Å². The predicted octanol–water partition coefficient (Wildman–Crippen LogP) is 1.51. The van der Waals surface area contributed by atoms with Crippen LogP contribution in [-0.4, -0.2) is 23.0 Å². The molecule has 0 aromatic heterocycles. The Bertz CT molecular complexity index is 514. The lowest BCUT2D eigenvalue weighted by Gasteiger charge is -2.13. The number of hydrogen-bond donors (Lipinski definition) is 2. The first kappa shape index (κ1) is 13.8. The monoisotopic (exact) mass is 245 g/mol. The lowest BCUT2D eigenvalue weighted by molar-refractivity contribution is -0.139. The van der Waals surface area contributed by atoms with Crippen molar-refractivity contribution in [2.45, 2.75) is 26.3 Å². The van der Waals surface area contributed by atoms with Crippen LogP contribution in [0.1, 0.15) is 27.9 Å². The van der Waals surface area contributed by atoms with E-state index < -0.39 is 17.9 Å². The van der Waals surface area contributed by atoms with Crippen LogP contribution in [0.25, 0.3) is 0 Å². The van der Waals surface area contributed by atoms with Crippen molar-refractivity contribution in [2.24, 2.45) is 0 Å². The van der Waals surface area contributed by atoms with E-state index in [1.807, 2.05) is 19.1 Å². The molecular weight excluding hydrogens is 230 g/mol. The topological polar surface area (TPSA) is 66.4 Å². The molecule has 1 amide bonds. The van der Waals surface area contributed by atoms with Gasteiger partial charge in [0.05, 0.1) is 0 Å². The van der Waals surface area contributed by atoms with E-state index >= 15 is 0 Å². The number of aliphatic carboxylic acids is 1. The first-order valence-electron chi connectivity index (χ1n) is 5.50. The Morgan fingerprint density at radius 3 is 2.67 bits per heavy atom. The first-order chi connectivity index (χ1) is 8.45. The second-order valence-electron chi connectivity index (χ2n) is 4.09. The Balaban J connectivity index is 2.91. The molecule has 1 atom stereocenters. The summed E-state index contributed by atoms with van der Waals surface area (Å²) in [7, 11) is 0. The van der Waals surface area contributed by atoms with E-state index in [0.29, 0.717) is 5.56 Å². The molecule has 0 saturated carbocycles. The van der Waals surface area contributed by atoms with E-state index in [-0.39, 0.29) is 6.42 Å². The van der Waals surface area contributed by atoms with Gasteiger partial charge < -0.3 is 10.4 Å². The molecule has 0 saturated heterocycles. The highest BCUT2D eigenvalue weighted by molar-refractivity contribution is 5.98. The molecule has 1 rings (SSSR count). The van der Waals surface area contributed by atoms with Crippen molar-refractivity contribution in [1.82, 2.24) is 5.32 Å². The number of aryl methyl sites for hydroxylation is 2. The highest BCUT2D eigenvalue weighted by atomic mass is 16.4. The molecule has 0 aliphatic rings. The second kappa shape index (κ2) is 5.87. The minimum absolute atomic E-state index is 0.0358. The largest absolute Gasteiger partial charge is 0.480 e. The first-order valence-corrected chi connectivity index (χ1v) is 5.50. The summed E-state index contributed by atoms with van der Waals surface area (Å²) in [6.45, 7) is 3.66. The van der Waals surface area contributed by atoms with Gasteiger partial charge in [0, 0.05) is 12.0 Å². The van der Waals surface area contributed by atoms with Gasteiger partial charge in [-0.25, -0.2) is 4.79 Å². The normalized spacial score (nSPS) is 11.4. The van der Waals surface area contributed by atoms with Gasteiger partial charge in [0.25, 0.3) is 5.91 Å². The fourth-order valence-electron chi connectivity index (χ4n) is 1.53. The summed E-state index contributed by atoms with van der Waals surface area (Å²) in [6.07, 6.45) is 5.04. The summed E-state index contributed by atoms with van der Waals surface area (Å²) < 4.78 is 0. The molecule has 0 fully saturated rings. The fraction of sp³-hybridized carbons (Fsp3) is 0.286. The van der Waals surface area contributed by atoms with Crippen LogP contribution in [0.5, 0.6) is 0 Å². The van der Waals surface area contributed by atoms with Gasteiger partial charge in [0.2, 0.25) is 0 Å². The van der Waals surface area contributed by atoms with Gasteiger partial charge >= 0.3 is 5.97 Å². The third kappa shape index (κ3) is 3.36. The molecule has 0 spiro atoms. The van der Waals surface area contributed by atoms with Gasteiger partial charge in [-0.05, 0) is 25.5 Å². The number of carbonyl (C=O) groups is 2. The van der Waals surface area contributed by atoms with E-state index in [9.17, 15) is 9.59 Å². The minimum Gasteiger partial charge on any atom is -0.480 e. The molecule has 94 valence electrons. The van der Waals surface area contributed by atoms with Crippen molar-refractivity contribution in [3.63, 3.8) is 0 Å². The molecule has 4 nitrogen and oxygen atoms in total. The number of benzene rings is 1. The smallest absolute Gasteiger partial charge is 0.327 e. The molecule has 0 heterocycles. The molecule has 1 aromatic rings. The zero-order chi connectivity index (χ0) is 13.7. The lowest BCUT2D eigenvalue weighted by Crippen LogP contribution is -2.40. The summed E-state index contributed by atoms with van der Waals surface area (Å²) in [6, 6.07) is 4.38. The van der Waals surface area contributed by atoms with Gasteiger partial charge in [0.15, 0.2) is 0 Å². The van der Waals surface area contributed by atoms with Gasteiger partial charge in [-0.2, -0.15) is 0 Å². The van der Waals surface area contributed by atoms with Crippen LogP contribution in [-0.2, 0) is 4.79 Å². The average Bonchev–Trinajstić information content (AvgIpc) is 2.31. The Kier molecular flexibility index (Phi) is 4.50. The molecule has 2 N–H and O–H groups in total. The van der Waals surface area contributed by atoms with E-state index in [0.717, 1.165) is 11.1 Å². The molecule has 1 aromatic carbocycles. The second-order valence-corrected chi connectivity index (χ2v) is 4.09. The SMILES string of the molecule is C#CCC(NC(=O)c1cc(C)ccc1C)C(=O)O. The Hall–Kier alpha value is -2.28. The Morgan fingerprint density at radius 1 is 1.44 bits per heavy atom. The fourth-order valence-corrected chi connectivity index (χ4v) is 1.53. The minimum atomic E-state index is -1.13. The van der Waals surface area contributed by atoms with Crippen LogP contribution in [0.15, 0.2) is 18.2 Å². The Labute approximate surface area is 106 Å². The molecule has 4 heteroatoms. The summed E-state index contributed by atoms with van der Waals surface area (Å²) in [4.78, 5) is 22.9. The highest BCUT2D eigenvalue weighted by Gasteiger charge is 2.20. The number of carboxylic acid groups (broad SMARTS) is 1. The van der Waals surface area contributed by atoms with Crippen molar-refractivity contribution in [2.75, 3.05) is 0 Å². The summed E-state index contributed by atoms with van der Waals surface area (Å²) >= 11 is 0. The summed E-state index contributed by atoms with van der Waals surface area (Å²) in [5.74, 6) is 0.686. The molecular formula is C14H15NO3. The number of hydrogen-bond acceptors (Lipinski definition) is 2. The molecule has 1 unspecified atom stereocenters. The quantitative estimate of drug-likeness (QED) is 0.790. The third-order valence-corrected chi connectivity index (χ3v) is 2.56. The van der Waals surface area contributed by atoms with Crippen molar-refractivity contribution < 1.29 is 14.7 Å². The molecule has 0 radical (unpaired) electrons. The molecule has 0 aliphatic carbocycles. The maximum absolute atomic E-state index is 12.0. The van der Waals surface area contributed by atoms with Crippen LogP contribution in [0.2, 0.25) is 0 Å². The number of nitrogens with one attached hydrogen (secondary N) is 1. The summed E-state index contributed by atoms with van der Waals surface area (Å²) in [5, 5.41) is 11.3. The number of amides is 1. The average molecular weight is 245 g/mol. The number of rotatable bonds is 4. The maximum atomic E-state index is 12.0. The van der Waals surface area contributed by atoms with Gasteiger partial charge in [0.1, 0.15) is 6.04 Å². The van der Waals surface area contributed by atoms with E-state index in [1.165, 1.54) is 0 Å². The number of terminal acetylenes is 1. The number of carboxylic acids is 1.